The Balaban J connectivity index is 2.00. The average Bonchev–Trinajstić information content (AvgIpc) is 3.07. The molecule has 0 aliphatic carbocycles. The molecule has 1 heterocycles. The van der Waals surface area contributed by atoms with Crippen molar-refractivity contribution in [3.63, 3.8) is 0 Å². The molecule has 7 nitrogen and oxygen atoms in total. The maximum absolute atomic E-state index is 12.8. The SMILES string of the molecule is CCCS(=O)(=O)N1N=C(c2cccc(NS(C)(=O)=O)c2)C[C@@H]1c1ccc(C)cc1. The van der Waals surface area contributed by atoms with Gasteiger partial charge in [0.25, 0.3) is 0 Å². The van der Waals surface area contributed by atoms with Crippen molar-refractivity contribution in [2.75, 3.05) is 16.7 Å². The number of anilines is 1. The van der Waals surface area contributed by atoms with Crippen LogP contribution in [0.3, 0.4) is 0 Å². The number of nitrogens with zero attached hydrogens (tertiary/aromatic N) is 2. The van der Waals surface area contributed by atoms with Crippen LogP contribution in [0.1, 0.15) is 42.5 Å². The molecule has 0 fully saturated rings. The predicted molar refractivity (Wildman–Crippen MR) is 116 cm³/mol. The van der Waals surface area contributed by atoms with Gasteiger partial charge >= 0.3 is 0 Å². The molecule has 2 aromatic carbocycles. The molecule has 0 amide bonds. The summed E-state index contributed by atoms with van der Waals surface area (Å²) in [4.78, 5) is 0. The third-order valence-corrected chi connectivity index (χ3v) is 7.02. The highest BCUT2D eigenvalue weighted by atomic mass is 32.2. The Hall–Kier alpha value is -2.39. The average molecular weight is 436 g/mol. The normalized spacial score (nSPS) is 17.3. The summed E-state index contributed by atoms with van der Waals surface area (Å²) in [6.07, 6.45) is 1.99. The van der Waals surface area contributed by atoms with Gasteiger partial charge in [0.1, 0.15) is 0 Å². The van der Waals surface area contributed by atoms with Gasteiger partial charge in [-0.1, -0.05) is 48.9 Å². The Bertz CT molecular complexity index is 1120. The minimum atomic E-state index is -3.56. The van der Waals surface area contributed by atoms with Gasteiger partial charge in [0.15, 0.2) is 0 Å². The Morgan fingerprint density at radius 3 is 2.41 bits per heavy atom. The zero-order chi connectivity index (χ0) is 21.2. The van der Waals surface area contributed by atoms with E-state index in [-0.39, 0.29) is 5.75 Å². The first-order valence-corrected chi connectivity index (χ1v) is 12.8. The fourth-order valence-electron chi connectivity index (χ4n) is 3.28. The van der Waals surface area contributed by atoms with Gasteiger partial charge in [0.2, 0.25) is 20.0 Å². The highest BCUT2D eigenvalue weighted by Gasteiger charge is 2.36. The fraction of sp³-hybridized carbons (Fsp3) is 0.350. The molecule has 0 aromatic heterocycles. The van der Waals surface area contributed by atoms with Gasteiger partial charge in [-0.15, -0.1) is 0 Å². The van der Waals surface area contributed by atoms with Crippen LogP contribution in [-0.2, 0) is 20.0 Å². The van der Waals surface area contributed by atoms with Crippen molar-refractivity contribution < 1.29 is 16.8 Å². The lowest BCUT2D eigenvalue weighted by atomic mass is 9.98. The summed E-state index contributed by atoms with van der Waals surface area (Å²) in [5.41, 5.74) is 3.67. The third kappa shape index (κ3) is 5.16. The summed E-state index contributed by atoms with van der Waals surface area (Å²) in [6.45, 7) is 3.80. The van der Waals surface area contributed by atoms with Crippen molar-refractivity contribution in [1.82, 2.24) is 4.41 Å². The predicted octanol–water partition coefficient (Wildman–Crippen LogP) is 3.26. The van der Waals surface area contributed by atoms with E-state index < -0.39 is 26.1 Å². The number of nitrogens with one attached hydrogen (secondary N) is 1. The Kier molecular flexibility index (Phi) is 6.00. The van der Waals surface area contributed by atoms with Crippen molar-refractivity contribution in [2.45, 2.75) is 32.7 Å². The number of hydrogen-bond acceptors (Lipinski definition) is 5. The minimum absolute atomic E-state index is 0.0157. The third-order valence-electron chi connectivity index (χ3n) is 4.58. The Labute approximate surface area is 172 Å². The van der Waals surface area contributed by atoms with Crippen LogP contribution in [0.15, 0.2) is 53.6 Å². The van der Waals surface area contributed by atoms with Gasteiger partial charge in [0, 0.05) is 12.1 Å². The van der Waals surface area contributed by atoms with Crippen LogP contribution in [0, 0.1) is 6.92 Å². The highest BCUT2D eigenvalue weighted by Crippen LogP contribution is 2.35. The van der Waals surface area contributed by atoms with Crippen molar-refractivity contribution in [1.29, 1.82) is 0 Å². The van der Waals surface area contributed by atoms with E-state index in [4.69, 9.17) is 0 Å². The van der Waals surface area contributed by atoms with E-state index in [9.17, 15) is 16.8 Å². The summed E-state index contributed by atoms with van der Waals surface area (Å²) in [5, 5.41) is 4.45. The lowest BCUT2D eigenvalue weighted by Gasteiger charge is -2.23. The van der Waals surface area contributed by atoms with Gasteiger partial charge in [-0.2, -0.15) is 9.52 Å². The van der Waals surface area contributed by atoms with Crippen molar-refractivity contribution >= 4 is 31.4 Å². The zero-order valence-electron chi connectivity index (χ0n) is 16.7. The molecule has 9 heteroatoms. The first-order chi connectivity index (χ1) is 13.6. The number of benzene rings is 2. The number of hydrogen-bond donors (Lipinski definition) is 1. The monoisotopic (exact) mass is 435 g/mol. The maximum atomic E-state index is 12.8. The van der Waals surface area contributed by atoms with Crippen molar-refractivity contribution in [3.05, 3.63) is 65.2 Å². The van der Waals surface area contributed by atoms with Crippen molar-refractivity contribution in [2.24, 2.45) is 5.10 Å². The van der Waals surface area contributed by atoms with Gasteiger partial charge in [-0.3, -0.25) is 4.72 Å². The Morgan fingerprint density at radius 2 is 1.79 bits per heavy atom. The molecule has 1 aliphatic rings. The van der Waals surface area contributed by atoms with Crippen LogP contribution >= 0.6 is 0 Å². The molecule has 0 radical (unpaired) electrons. The maximum Gasteiger partial charge on any atom is 0.250 e. The number of aryl methyl sites for hydroxylation is 1. The molecule has 2 aromatic rings. The molecule has 3 rings (SSSR count). The van der Waals surface area contributed by atoms with E-state index in [0.717, 1.165) is 17.4 Å². The number of hydrazone groups is 1. The highest BCUT2D eigenvalue weighted by molar-refractivity contribution is 7.92. The summed E-state index contributed by atoms with van der Waals surface area (Å²) >= 11 is 0. The van der Waals surface area contributed by atoms with Crippen LogP contribution < -0.4 is 4.72 Å². The zero-order valence-corrected chi connectivity index (χ0v) is 18.3. The molecule has 156 valence electrons. The minimum Gasteiger partial charge on any atom is -0.284 e. The van der Waals surface area contributed by atoms with E-state index in [0.29, 0.717) is 29.8 Å². The molecule has 0 spiro atoms. The molecular formula is C20H25N3O4S2. The topological polar surface area (TPSA) is 95.9 Å². The Morgan fingerprint density at radius 1 is 1.10 bits per heavy atom. The van der Waals surface area contributed by atoms with Crippen LogP contribution in [0.2, 0.25) is 0 Å². The summed E-state index contributed by atoms with van der Waals surface area (Å²) in [5.74, 6) is 0.0157. The summed E-state index contributed by atoms with van der Waals surface area (Å²) in [6, 6.07) is 14.2. The van der Waals surface area contributed by atoms with E-state index >= 15 is 0 Å². The van der Waals surface area contributed by atoms with E-state index in [1.54, 1.807) is 24.3 Å². The van der Waals surface area contributed by atoms with E-state index in [1.807, 2.05) is 38.1 Å². The largest absolute Gasteiger partial charge is 0.284 e. The van der Waals surface area contributed by atoms with Crippen LogP contribution in [0.25, 0.3) is 0 Å². The molecule has 1 atom stereocenters. The van der Waals surface area contributed by atoms with Gasteiger partial charge in [-0.05, 0) is 36.6 Å². The molecule has 1 aliphatic heterocycles. The number of sulfonamides is 2. The second-order valence-electron chi connectivity index (χ2n) is 7.22. The smallest absolute Gasteiger partial charge is 0.250 e. The first kappa shape index (κ1) is 21.3. The summed E-state index contributed by atoms with van der Waals surface area (Å²) in [7, 11) is -6.98. The standard InChI is InChI=1S/C20H25N3O4S2/c1-4-12-29(26,27)23-20(16-10-8-15(2)9-11-16)14-19(21-23)17-6-5-7-18(13-17)22-28(3,24)25/h5-11,13,20,22H,4,12,14H2,1-3H3/t20-/m1/s1. The molecule has 0 unspecified atom stereocenters. The van der Waals surface area contributed by atoms with Gasteiger partial charge in [0.05, 0.1) is 23.8 Å². The lowest BCUT2D eigenvalue weighted by Crippen LogP contribution is -2.29. The van der Waals surface area contributed by atoms with Crippen LogP contribution in [0.5, 0.6) is 0 Å². The number of rotatable bonds is 7. The second kappa shape index (κ2) is 8.16. The van der Waals surface area contributed by atoms with Gasteiger partial charge in [-0.25, -0.2) is 16.8 Å². The molecule has 29 heavy (non-hydrogen) atoms. The molecule has 1 N–H and O–H groups in total. The second-order valence-corrected chi connectivity index (χ2v) is 10.9. The molecule has 0 saturated heterocycles. The summed E-state index contributed by atoms with van der Waals surface area (Å²) < 4.78 is 52.4. The quantitative estimate of drug-likeness (QED) is 0.722. The van der Waals surface area contributed by atoms with Crippen LogP contribution in [-0.4, -0.2) is 39.0 Å². The molecule has 0 saturated carbocycles. The van der Waals surface area contributed by atoms with Crippen molar-refractivity contribution in [3.8, 4) is 0 Å². The molecule has 0 bridgehead atoms. The molecular weight excluding hydrogens is 410 g/mol. The van der Waals surface area contributed by atoms with Gasteiger partial charge < -0.3 is 0 Å². The lowest BCUT2D eigenvalue weighted by molar-refractivity contribution is 0.371. The van der Waals surface area contributed by atoms with E-state index in [1.165, 1.54) is 4.41 Å². The first-order valence-electron chi connectivity index (χ1n) is 9.33. The van der Waals surface area contributed by atoms with E-state index in [2.05, 4.69) is 9.82 Å². The van der Waals surface area contributed by atoms with Crippen LogP contribution in [0.4, 0.5) is 5.69 Å². The fourth-order valence-corrected chi connectivity index (χ4v) is 5.35.